The second-order valence-corrected chi connectivity index (χ2v) is 7.84. The van der Waals surface area contributed by atoms with Gasteiger partial charge in [-0.25, -0.2) is 0 Å². The number of carbonyl (C=O) groups is 2. The maximum Gasteiger partial charge on any atom is 0.221 e. The summed E-state index contributed by atoms with van der Waals surface area (Å²) >= 11 is 0. The Kier molecular flexibility index (Phi) is 20.0. The maximum atomic E-state index is 12.1. The lowest BCUT2D eigenvalue weighted by Gasteiger charge is -2.28. The lowest BCUT2D eigenvalue weighted by molar-refractivity contribution is -0.121. The summed E-state index contributed by atoms with van der Waals surface area (Å²) in [6.07, 6.45) is 2.75. The minimum Gasteiger partial charge on any atom is -0.388 e. The summed E-state index contributed by atoms with van der Waals surface area (Å²) < 4.78 is 0. The lowest BCUT2D eigenvalue weighted by Crippen LogP contribution is -2.40. The van der Waals surface area contributed by atoms with E-state index in [1.807, 2.05) is 7.05 Å². The van der Waals surface area contributed by atoms with Crippen LogP contribution in [0.1, 0.15) is 32.6 Å². The molecule has 10 nitrogen and oxygen atoms in total. The molecule has 0 aromatic rings. The monoisotopic (exact) mass is 456 g/mol. The standard InChI is InChI=1S/C22H48N8O2/c1-4-14-29(15-5-20(2)26-10-8-23)18-19-30(16-6-21(31)27-11-9-24)17-7-22(32)28-13-12-25-3/h25-26H,2,4-19,23-24H2,1,3H3,(H,27,31)(H,28,32). The molecule has 0 saturated carbocycles. The molecule has 0 radical (unpaired) electrons. The van der Waals surface area contributed by atoms with E-state index in [-0.39, 0.29) is 11.8 Å². The van der Waals surface area contributed by atoms with Crippen molar-refractivity contribution in [3.05, 3.63) is 12.3 Å². The van der Waals surface area contributed by atoms with Gasteiger partial charge in [0.2, 0.25) is 11.8 Å². The zero-order valence-electron chi connectivity index (χ0n) is 20.4. The van der Waals surface area contributed by atoms with Crippen LogP contribution in [0.4, 0.5) is 0 Å². The fourth-order valence-electron chi connectivity index (χ4n) is 3.13. The SMILES string of the molecule is C=C(CCN(CCC)CCN(CCC(=O)NCCN)CCC(=O)NCCNC)NCCN. The molecular weight excluding hydrogens is 408 g/mol. The third-order valence-electron chi connectivity index (χ3n) is 5.00. The van der Waals surface area contributed by atoms with E-state index in [4.69, 9.17) is 11.5 Å². The number of likely N-dealkylation sites (N-methyl/N-ethyl adjacent to an activating group) is 1. The summed E-state index contributed by atoms with van der Waals surface area (Å²) in [5.74, 6) is 0.0251. The Hall–Kier alpha value is -1.72. The van der Waals surface area contributed by atoms with Crippen LogP contribution in [0, 0.1) is 0 Å². The van der Waals surface area contributed by atoms with Gasteiger partial charge in [-0.1, -0.05) is 13.5 Å². The highest BCUT2D eigenvalue weighted by Gasteiger charge is 2.13. The quantitative estimate of drug-likeness (QED) is 0.110. The molecule has 0 fully saturated rings. The van der Waals surface area contributed by atoms with Gasteiger partial charge in [0, 0.05) is 90.5 Å². The number of nitrogens with one attached hydrogen (secondary N) is 4. The molecule has 32 heavy (non-hydrogen) atoms. The molecule has 0 saturated heterocycles. The molecule has 0 heterocycles. The van der Waals surface area contributed by atoms with Crippen LogP contribution in [0.15, 0.2) is 12.3 Å². The molecule has 0 aliphatic heterocycles. The molecule has 0 aliphatic rings. The molecule has 0 aliphatic carbocycles. The second-order valence-electron chi connectivity index (χ2n) is 7.84. The highest BCUT2D eigenvalue weighted by atomic mass is 16.2. The molecule has 0 aromatic heterocycles. The van der Waals surface area contributed by atoms with Crippen molar-refractivity contribution in [3.8, 4) is 0 Å². The molecule has 0 aromatic carbocycles. The first-order valence-electron chi connectivity index (χ1n) is 11.9. The van der Waals surface area contributed by atoms with Crippen molar-refractivity contribution >= 4 is 11.8 Å². The molecule has 0 unspecified atom stereocenters. The van der Waals surface area contributed by atoms with Crippen molar-refractivity contribution in [3.63, 3.8) is 0 Å². The number of hydrogen-bond donors (Lipinski definition) is 6. The van der Waals surface area contributed by atoms with E-state index in [9.17, 15) is 9.59 Å². The summed E-state index contributed by atoms with van der Waals surface area (Å²) in [4.78, 5) is 28.7. The fourth-order valence-corrected chi connectivity index (χ4v) is 3.13. The molecule has 0 bridgehead atoms. The Morgan fingerprint density at radius 3 is 1.75 bits per heavy atom. The van der Waals surface area contributed by atoms with Crippen LogP contribution in [0.3, 0.4) is 0 Å². The van der Waals surface area contributed by atoms with Crippen LogP contribution in [0.5, 0.6) is 0 Å². The average Bonchev–Trinajstić information content (AvgIpc) is 2.79. The van der Waals surface area contributed by atoms with Crippen LogP contribution in [0.25, 0.3) is 0 Å². The highest BCUT2D eigenvalue weighted by molar-refractivity contribution is 5.76. The minimum atomic E-state index is -0.00777. The van der Waals surface area contributed by atoms with Crippen molar-refractivity contribution in [2.45, 2.75) is 32.6 Å². The lowest BCUT2D eigenvalue weighted by atomic mass is 10.2. The van der Waals surface area contributed by atoms with Crippen LogP contribution >= 0.6 is 0 Å². The maximum absolute atomic E-state index is 12.1. The van der Waals surface area contributed by atoms with Gasteiger partial charge in [0.1, 0.15) is 0 Å². The summed E-state index contributed by atoms with van der Waals surface area (Å²) in [6, 6.07) is 0. The van der Waals surface area contributed by atoms with Crippen molar-refractivity contribution in [1.82, 2.24) is 31.1 Å². The van der Waals surface area contributed by atoms with E-state index in [1.54, 1.807) is 0 Å². The number of rotatable bonds is 22. The van der Waals surface area contributed by atoms with E-state index in [2.05, 4.69) is 44.6 Å². The summed E-state index contributed by atoms with van der Waals surface area (Å²) in [5, 5.41) is 12.0. The smallest absolute Gasteiger partial charge is 0.221 e. The van der Waals surface area contributed by atoms with Gasteiger partial charge < -0.3 is 42.5 Å². The largest absolute Gasteiger partial charge is 0.388 e. The first kappa shape index (κ1) is 30.3. The number of nitrogens with two attached hydrogens (primary N) is 2. The summed E-state index contributed by atoms with van der Waals surface area (Å²) in [6.45, 7) is 14.7. The van der Waals surface area contributed by atoms with E-state index in [0.717, 1.165) is 57.8 Å². The van der Waals surface area contributed by atoms with Gasteiger partial charge >= 0.3 is 0 Å². The molecule has 188 valence electrons. The van der Waals surface area contributed by atoms with Crippen molar-refractivity contribution < 1.29 is 9.59 Å². The molecule has 0 spiro atoms. The third kappa shape index (κ3) is 17.9. The molecule has 8 N–H and O–H groups in total. The minimum absolute atomic E-state index is 0.00777. The second kappa shape index (κ2) is 21.1. The highest BCUT2D eigenvalue weighted by Crippen LogP contribution is 2.02. The van der Waals surface area contributed by atoms with Gasteiger partial charge in [-0.2, -0.15) is 0 Å². The summed E-state index contributed by atoms with van der Waals surface area (Å²) in [7, 11) is 1.86. The molecule has 2 amide bonds. The van der Waals surface area contributed by atoms with Gasteiger partial charge in [-0.05, 0) is 26.4 Å². The topological polar surface area (TPSA) is 141 Å². The van der Waals surface area contributed by atoms with E-state index >= 15 is 0 Å². The van der Waals surface area contributed by atoms with Gasteiger partial charge in [-0.15, -0.1) is 0 Å². The van der Waals surface area contributed by atoms with Gasteiger partial charge in [0.15, 0.2) is 0 Å². The van der Waals surface area contributed by atoms with E-state index in [1.165, 1.54) is 0 Å². The number of amides is 2. The molecule has 0 rings (SSSR count). The van der Waals surface area contributed by atoms with Crippen molar-refractivity contribution in [2.24, 2.45) is 11.5 Å². The van der Waals surface area contributed by atoms with Crippen molar-refractivity contribution in [2.75, 3.05) is 85.6 Å². The summed E-state index contributed by atoms with van der Waals surface area (Å²) in [5.41, 5.74) is 12.0. The molecular formula is C22H48N8O2. The van der Waals surface area contributed by atoms with Gasteiger partial charge in [0.25, 0.3) is 0 Å². The number of nitrogens with zero attached hydrogens (tertiary/aromatic N) is 2. The normalized spacial score (nSPS) is 11.1. The Balaban J connectivity index is 4.66. The van der Waals surface area contributed by atoms with Crippen LogP contribution in [-0.4, -0.2) is 107 Å². The molecule has 10 heteroatoms. The third-order valence-corrected chi connectivity index (χ3v) is 5.00. The Morgan fingerprint density at radius 1 is 0.719 bits per heavy atom. The Bertz CT molecular complexity index is 504. The zero-order valence-corrected chi connectivity index (χ0v) is 20.4. The first-order valence-corrected chi connectivity index (χ1v) is 11.9. The Labute approximate surface area is 194 Å². The molecule has 0 atom stereocenters. The van der Waals surface area contributed by atoms with Gasteiger partial charge in [-0.3, -0.25) is 9.59 Å². The van der Waals surface area contributed by atoms with Gasteiger partial charge in [0.05, 0.1) is 0 Å². The fraction of sp³-hybridized carbons (Fsp3) is 0.818. The predicted molar refractivity (Wildman–Crippen MR) is 132 cm³/mol. The van der Waals surface area contributed by atoms with Crippen molar-refractivity contribution in [1.29, 1.82) is 0 Å². The average molecular weight is 457 g/mol. The van der Waals surface area contributed by atoms with Crippen LogP contribution in [-0.2, 0) is 9.59 Å². The predicted octanol–water partition coefficient (Wildman–Crippen LogP) is -1.36. The Morgan fingerprint density at radius 2 is 1.22 bits per heavy atom. The first-order chi connectivity index (χ1) is 15.5. The van der Waals surface area contributed by atoms with E-state index < -0.39 is 0 Å². The number of carbonyl (C=O) groups excluding carboxylic acids is 2. The number of hydrogen-bond acceptors (Lipinski definition) is 8. The van der Waals surface area contributed by atoms with E-state index in [0.29, 0.717) is 52.1 Å². The van der Waals surface area contributed by atoms with Crippen LogP contribution < -0.4 is 32.7 Å². The van der Waals surface area contributed by atoms with Crippen LogP contribution in [0.2, 0.25) is 0 Å². The zero-order chi connectivity index (χ0) is 24.0.